The summed E-state index contributed by atoms with van der Waals surface area (Å²) in [7, 11) is 3.87. The van der Waals surface area contributed by atoms with Crippen LogP contribution >= 0.6 is 0 Å². The normalized spacial score (nSPS) is 17.9. The molecule has 0 amide bonds. The summed E-state index contributed by atoms with van der Waals surface area (Å²) in [5, 5.41) is 3.39. The number of piperazine rings is 1. The highest BCUT2D eigenvalue weighted by Gasteiger charge is 2.16. The fourth-order valence-electron chi connectivity index (χ4n) is 2.76. The molecule has 6 nitrogen and oxygen atoms in total. The van der Waals surface area contributed by atoms with E-state index in [2.05, 4.69) is 44.8 Å². The van der Waals surface area contributed by atoms with Crippen LogP contribution in [0.25, 0.3) is 0 Å². The van der Waals surface area contributed by atoms with Gasteiger partial charge in [-0.1, -0.05) is 0 Å². The molecule has 1 aromatic rings. The maximum Gasteiger partial charge on any atom is 0.205 e. The van der Waals surface area contributed by atoms with Crippen LogP contribution in [0.1, 0.15) is 18.7 Å². The van der Waals surface area contributed by atoms with Crippen LogP contribution in [0.2, 0.25) is 0 Å². The van der Waals surface area contributed by atoms with Crippen molar-refractivity contribution in [1.82, 2.24) is 19.8 Å². The van der Waals surface area contributed by atoms with Crippen molar-refractivity contribution in [2.45, 2.75) is 19.9 Å². The number of rotatable bonds is 7. The molecule has 120 valence electrons. The summed E-state index contributed by atoms with van der Waals surface area (Å²) in [6, 6.07) is 0.299. The number of methoxy groups -OCH3 is 1. The van der Waals surface area contributed by atoms with Gasteiger partial charge in [0.15, 0.2) is 0 Å². The summed E-state index contributed by atoms with van der Waals surface area (Å²) in [6.07, 6.45) is 2.11. The first-order valence-corrected chi connectivity index (χ1v) is 7.80. The zero-order valence-corrected chi connectivity index (χ0v) is 13.8. The second-order valence-corrected chi connectivity index (χ2v) is 5.91. The number of aromatic nitrogens is 2. The molecule has 1 unspecified atom stereocenters. The van der Waals surface area contributed by atoms with Crippen LogP contribution in [0.3, 0.4) is 0 Å². The third kappa shape index (κ3) is 4.43. The fourth-order valence-corrected chi connectivity index (χ4v) is 2.76. The smallest absolute Gasteiger partial charge is 0.205 e. The largest absolute Gasteiger partial charge is 0.383 e. The predicted molar refractivity (Wildman–Crippen MR) is 86.1 cm³/mol. The van der Waals surface area contributed by atoms with Gasteiger partial charge in [0.25, 0.3) is 0 Å². The first kappa shape index (κ1) is 16.3. The average Bonchev–Trinajstić information content (AvgIpc) is 2.88. The van der Waals surface area contributed by atoms with Gasteiger partial charge in [0.1, 0.15) is 0 Å². The number of imidazole rings is 1. The lowest BCUT2D eigenvalue weighted by Crippen LogP contribution is -2.46. The lowest BCUT2D eigenvalue weighted by molar-refractivity contribution is 0.162. The molecule has 0 spiro atoms. The summed E-state index contributed by atoms with van der Waals surface area (Å²) in [6.45, 7) is 11.5. The van der Waals surface area contributed by atoms with Crippen LogP contribution in [0.4, 0.5) is 5.95 Å². The molecule has 0 saturated carbocycles. The van der Waals surface area contributed by atoms with Gasteiger partial charge < -0.3 is 19.5 Å². The number of nitrogens with zero attached hydrogens (tertiary/aromatic N) is 4. The lowest BCUT2D eigenvalue weighted by Gasteiger charge is -2.30. The van der Waals surface area contributed by atoms with Crippen LogP contribution in [-0.4, -0.2) is 74.5 Å². The number of anilines is 1. The number of hydrogen-bond acceptors (Lipinski definition) is 5. The highest BCUT2D eigenvalue weighted by molar-refractivity contribution is 5.32. The highest BCUT2D eigenvalue weighted by atomic mass is 16.5. The zero-order chi connectivity index (χ0) is 15.2. The van der Waals surface area contributed by atoms with E-state index in [1.807, 2.05) is 6.92 Å². The van der Waals surface area contributed by atoms with Crippen molar-refractivity contribution in [3.05, 3.63) is 11.9 Å². The van der Waals surface area contributed by atoms with Crippen LogP contribution < -0.4 is 10.2 Å². The Labute approximate surface area is 128 Å². The maximum atomic E-state index is 5.27. The SMILES string of the molecule is COCC(C)n1cc(C)nc1N(C)CCN1CCNCC1. The molecule has 0 radical (unpaired) electrons. The summed E-state index contributed by atoms with van der Waals surface area (Å²) < 4.78 is 7.49. The van der Waals surface area contributed by atoms with Gasteiger partial charge >= 0.3 is 0 Å². The van der Waals surface area contributed by atoms with E-state index in [0.29, 0.717) is 12.6 Å². The van der Waals surface area contributed by atoms with Gasteiger partial charge in [-0.05, 0) is 13.8 Å². The van der Waals surface area contributed by atoms with Crippen molar-refractivity contribution in [3.63, 3.8) is 0 Å². The van der Waals surface area contributed by atoms with Crippen molar-refractivity contribution in [2.24, 2.45) is 0 Å². The Morgan fingerprint density at radius 2 is 2.14 bits per heavy atom. The Balaban J connectivity index is 1.95. The molecule has 0 aliphatic carbocycles. The van der Waals surface area contributed by atoms with Crippen molar-refractivity contribution < 1.29 is 4.74 Å². The van der Waals surface area contributed by atoms with Gasteiger partial charge in [-0.3, -0.25) is 4.90 Å². The Morgan fingerprint density at radius 1 is 1.43 bits per heavy atom. The minimum atomic E-state index is 0.299. The maximum absolute atomic E-state index is 5.27. The van der Waals surface area contributed by atoms with Crippen LogP contribution in [0, 0.1) is 6.92 Å². The van der Waals surface area contributed by atoms with E-state index in [0.717, 1.165) is 50.9 Å². The van der Waals surface area contributed by atoms with Crippen LogP contribution in [-0.2, 0) is 4.74 Å². The molecular weight excluding hydrogens is 266 g/mol. The molecule has 21 heavy (non-hydrogen) atoms. The van der Waals surface area contributed by atoms with Crippen molar-refractivity contribution in [3.8, 4) is 0 Å². The Hall–Kier alpha value is -1.11. The molecule has 1 saturated heterocycles. The molecule has 1 aliphatic rings. The fraction of sp³-hybridized carbons (Fsp3) is 0.800. The van der Waals surface area contributed by atoms with E-state index in [9.17, 15) is 0 Å². The minimum absolute atomic E-state index is 0.299. The van der Waals surface area contributed by atoms with Crippen molar-refractivity contribution >= 4 is 5.95 Å². The Morgan fingerprint density at radius 3 is 2.81 bits per heavy atom. The number of ether oxygens (including phenoxy) is 1. The number of hydrogen-bond donors (Lipinski definition) is 1. The van der Waals surface area contributed by atoms with E-state index in [4.69, 9.17) is 4.74 Å². The number of nitrogens with one attached hydrogen (secondary N) is 1. The average molecular weight is 295 g/mol. The second kappa shape index (κ2) is 7.77. The molecule has 0 bridgehead atoms. The van der Waals surface area contributed by atoms with Gasteiger partial charge in [0, 0.05) is 59.6 Å². The molecule has 1 atom stereocenters. The van der Waals surface area contributed by atoms with E-state index < -0.39 is 0 Å². The molecular formula is C15H29N5O. The summed E-state index contributed by atoms with van der Waals surface area (Å²) in [5.74, 6) is 1.03. The van der Waals surface area contributed by atoms with Crippen LogP contribution in [0.15, 0.2) is 6.20 Å². The second-order valence-electron chi connectivity index (χ2n) is 5.91. The topological polar surface area (TPSA) is 45.6 Å². The zero-order valence-electron chi connectivity index (χ0n) is 13.8. The monoisotopic (exact) mass is 295 g/mol. The minimum Gasteiger partial charge on any atom is -0.383 e. The first-order valence-electron chi connectivity index (χ1n) is 7.80. The molecule has 1 N–H and O–H groups in total. The Kier molecular flexibility index (Phi) is 6.02. The number of aryl methyl sites for hydroxylation is 1. The molecule has 6 heteroatoms. The molecule has 2 heterocycles. The lowest BCUT2D eigenvalue weighted by atomic mass is 10.3. The van der Waals surface area contributed by atoms with Crippen molar-refractivity contribution in [1.29, 1.82) is 0 Å². The Bertz CT molecular complexity index is 428. The third-order valence-electron chi connectivity index (χ3n) is 4.02. The third-order valence-corrected chi connectivity index (χ3v) is 4.02. The van der Waals surface area contributed by atoms with Gasteiger partial charge in [-0.2, -0.15) is 0 Å². The summed E-state index contributed by atoms with van der Waals surface area (Å²) in [5.41, 5.74) is 1.06. The quantitative estimate of drug-likeness (QED) is 0.804. The molecule has 2 rings (SSSR count). The standard InChI is InChI=1S/C15H29N5O/c1-13-11-20(14(2)12-21-4)15(17-13)18(3)9-10-19-7-5-16-6-8-19/h11,14,16H,5-10,12H2,1-4H3. The predicted octanol–water partition coefficient (Wildman–Crippen LogP) is 0.740. The first-order chi connectivity index (χ1) is 10.1. The van der Waals surface area contributed by atoms with E-state index in [-0.39, 0.29) is 0 Å². The summed E-state index contributed by atoms with van der Waals surface area (Å²) >= 11 is 0. The van der Waals surface area contributed by atoms with E-state index in [1.54, 1.807) is 7.11 Å². The summed E-state index contributed by atoms with van der Waals surface area (Å²) in [4.78, 5) is 9.44. The molecule has 0 aromatic carbocycles. The van der Waals surface area contributed by atoms with Crippen molar-refractivity contribution in [2.75, 3.05) is 64.9 Å². The number of likely N-dealkylation sites (N-methyl/N-ethyl adjacent to an activating group) is 1. The van der Waals surface area contributed by atoms with Gasteiger partial charge in [-0.15, -0.1) is 0 Å². The van der Waals surface area contributed by atoms with E-state index >= 15 is 0 Å². The van der Waals surface area contributed by atoms with Gasteiger partial charge in [-0.25, -0.2) is 4.98 Å². The highest BCUT2D eigenvalue weighted by Crippen LogP contribution is 2.19. The van der Waals surface area contributed by atoms with Gasteiger partial charge in [0.2, 0.25) is 5.95 Å². The molecule has 1 aromatic heterocycles. The molecule has 1 fully saturated rings. The van der Waals surface area contributed by atoms with E-state index in [1.165, 1.54) is 0 Å². The van der Waals surface area contributed by atoms with Gasteiger partial charge in [0.05, 0.1) is 18.3 Å². The van der Waals surface area contributed by atoms with Crippen LogP contribution in [0.5, 0.6) is 0 Å². The molecule has 1 aliphatic heterocycles.